The monoisotopic (exact) mass is 332 g/mol. The van der Waals surface area contributed by atoms with Gasteiger partial charge in [0.1, 0.15) is 5.69 Å². The van der Waals surface area contributed by atoms with Crippen LogP contribution >= 0.6 is 11.3 Å². The van der Waals surface area contributed by atoms with Gasteiger partial charge in [-0.25, -0.2) is 4.98 Å². The van der Waals surface area contributed by atoms with Gasteiger partial charge in [0.05, 0.1) is 5.69 Å². The first-order valence-corrected chi connectivity index (χ1v) is 8.77. The molecule has 0 atom stereocenters. The lowest BCUT2D eigenvalue weighted by atomic mass is 10.3. The average molecular weight is 332 g/mol. The predicted molar refractivity (Wildman–Crippen MR) is 92.3 cm³/mol. The molecule has 0 unspecified atom stereocenters. The van der Waals surface area contributed by atoms with Crippen molar-refractivity contribution in [2.45, 2.75) is 45.2 Å². The number of carbonyl (C=O) groups excluding carboxylic acids is 1. The number of hydrogen-bond acceptors (Lipinski definition) is 5. The van der Waals surface area contributed by atoms with Crippen molar-refractivity contribution >= 4 is 28.1 Å². The highest BCUT2D eigenvalue weighted by Crippen LogP contribution is 2.24. The molecule has 2 N–H and O–H groups in total. The second kappa shape index (κ2) is 6.95. The molecule has 2 aromatic heterocycles. The highest BCUT2D eigenvalue weighted by molar-refractivity contribution is 7.13. The van der Waals surface area contributed by atoms with Crippen LogP contribution in [-0.2, 0) is 6.54 Å². The third kappa shape index (κ3) is 3.79. The van der Waals surface area contributed by atoms with Gasteiger partial charge in [0.2, 0.25) is 0 Å². The van der Waals surface area contributed by atoms with Crippen LogP contribution in [0.1, 0.15) is 43.1 Å². The Morgan fingerprint density at radius 3 is 2.91 bits per heavy atom. The molecule has 7 heteroatoms. The lowest BCUT2D eigenvalue weighted by Gasteiger charge is -2.09. The zero-order chi connectivity index (χ0) is 16.2. The summed E-state index contributed by atoms with van der Waals surface area (Å²) in [6.07, 6.45) is 6.48. The van der Waals surface area contributed by atoms with Gasteiger partial charge in [-0.15, -0.1) is 11.3 Å². The fourth-order valence-electron chi connectivity index (χ4n) is 2.74. The maximum atomic E-state index is 12.3. The van der Waals surface area contributed by atoms with Gasteiger partial charge >= 0.3 is 0 Å². The average Bonchev–Trinajstić information content (AvgIpc) is 3.21. The van der Waals surface area contributed by atoms with E-state index in [0.29, 0.717) is 24.0 Å². The zero-order valence-electron chi connectivity index (χ0n) is 13.0. The van der Waals surface area contributed by atoms with E-state index in [9.17, 15) is 9.59 Å². The molecule has 0 saturated heterocycles. The smallest absolute Gasteiger partial charge is 0.275 e. The number of carbonyl (C=O) groups is 1. The number of nitrogens with zero attached hydrogens (tertiary/aromatic N) is 2. The minimum absolute atomic E-state index is 0.0813. The first-order chi connectivity index (χ1) is 11.2. The Morgan fingerprint density at radius 1 is 1.39 bits per heavy atom. The molecule has 2 heterocycles. The largest absolute Gasteiger partial charge is 0.359 e. The lowest BCUT2D eigenvalue weighted by Crippen LogP contribution is -2.20. The maximum Gasteiger partial charge on any atom is 0.275 e. The second-order valence-electron chi connectivity index (χ2n) is 5.66. The van der Waals surface area contributed by atoms with Crippen LogP contribution in [0.2, 0.25) is 0 Å². The number of aromatic nitrogens is 2. The van der Waals surface area contributed by atoms with Gasteiger partial charge in [0.15, 0.2) is 5.13 Å². The quantitative estimate of drug-likeness (QED) is 0.883. The van der Waals surface area contributed by atoms with Crippen molar-refractivity contribution in [1.29, 1.82) is 0 Å². The number of hydrogen-bond donors (Lipinski definition) is 2. The number of amides is 1. The molecule has 23 heavy (non-hydrogen) atoms. The molecule has 1 aliphatic rings. The topological polar surface area (TPSA) is 76.0 Å². The van der Waals surface area contributed by atoms with Crippen LogP contribution in [0, 0.1) is 0 Å². The van der Waals surface area contributed by atoms with Crippen LogP contribution < -0.4 is 16.2 Å². The fourth-order valence-corrected chi connectivity index (χ4v) is 3.51. The van der Waals surface area contributed by atoms with Crippen LogP contribution in [0.5, 0.6) is 0 Å². The molecule has 1 saturated carbocycles. The SMILES string of the molecule is CCn1cc(NC(=O)c2csc(NC3CCCC3)n2)ccc1=O. The Bertz CT molecular complexity index is 747. The van der Waals surface area contributed by atoms with Crippen molar-refractivity contribution in [2.75, 3.05) is 10.6 Å². The van der Waals surface area contributed by atoms with Crippen molar-refractivity contribution in [3.05, 3.63) is 39.8 Å². The Kier molecular flexibility index (Phi) is 4.76. The molecule has 0 aromatic carbocycles. The Balaban J connectivity index is 1.66. The molecule has 0 radical (unpaired) electrons. The molecule has 122 valence electrons. The molecule has 0 bridgehead atoms. The summed E-state index contributed by atoms with van der Waals surface area (Å²) in [7, 11) is 0. The summed E-state index contributed by atoms with van der Waals surface area (Å²) >= 11 is 1.45. The van der Waals surface area contributed by atoms with Gasteiger partial charge in [0, 0.05) is 30.2 Å². The second-order valence-corrected chi connectivity index (χ2v) is 6.52. The van der Waals surface area contributed by atoms with E-state index < -0.39 is 0 Å². The van der Waals surface area contributed by atoms with Gasteiger partial charge in [0.25, 0.3) is 11.5 Å². The maximum absolute atomic E-state index is 12.3. The van der Waals surface area contributed by atoms with Crippen molar-refractivity contribution < 1.29 is 4.79 Å². The standard InChI is InChI=1S/C16H20N4O2S/c1-2-20-9-12(7-8-14(20)21)17-15(22)13-10-23-16(19-13)18-11-5-3-4-6-11/h7-11H,2-6H2,1H3,(H,17,22)(H,18,19). The van der Waals surface area contributed by atoms with Gasteiger partial charge in [-0.3, -0.25) is 9.59 Å². The van der Waals surface area contributed by atoms with Crippen LogP contribution in [-0.4, -0.2) is 21.5 Å². The van der Waals surface area contributed by atoms with E-state index in [1.54, 1.807) is 22.2 Å². The molecule has 1 amide bonds. The summed E-state index contributed by atoms with van der Waals surface area (Å²) < 4.78 is 1.55. The van der Waals surface area contributed by atoms with E-state index in [0.717, 1.165) is 5.13 Å². The summed E-state index contributed by atoms with van der Waals surface area (Å²) in [4.78, 5) is 28.2. The van der Waals surface area contributed by atoms with E-state index in [1.165, 1.54) is 43.1 Å². The van der Waals surface area contributed by atoms with E-state index in [2.05, 4.69) is 15.6 Å². The molecule has 3 rings (SSSR count). The fraction of sp³-hybridized carbons (Fsp3) is 0.438. The minimum atomic E-state index is -0.262. The minimum Gasteiger partial charge on any atom is -0.359 e. The molecular formula is C16H20N4O2S. The van der Waals surface area contributed by atoms with E-state index >= 15 is 0 Å². The summed E-state index contributed by atoms with van der Waals surface area (Å²) in [5.41, 5.74) is 0.904. The van der Waals surface area contributed by atoms with Crippen molar-refractivity contribution in [2.24, 2.45) is 0 Å². The van der Waals surface area contributed by atoms with E-state index in [-0.39, 0.29) is 11.5 Å². The Labute approximate surface area is 138 Å². The first kappa shape index (κ1) is 15.7. The highest BCUT2D eigenvalue weighted by atomic mass is 32.1. The third-order valence-electron chi connectivity index (χ3n) is 4.00. The lowest BCUT2D eigenvalue weighted by molar-refractivity contribution is 0.102. The number of anilines is 2. The third-order valence-corrected chi connectivity index (χ3v) is 4.78. The molecule has 0 aliphatic heterocycles. The number of aryl methyl sites for hydroxylation is 1. The van der Waals surface area contributed by atoms with E-state index in [4.69, 9.17) is 0 Å². The molecule has 2 aromatic rings. The molecule has 1 fully saturated rings. The zero-order valence-corrected chi connectivity index (χ0v) is 13.9. The van der Waals surface area contributed by atoms with Crippen molar-refractivity contribution in [3.63, 3.8) is 0 Å². The molecule has 6 nitrogen and oxygen atoms in total. The van der Waals surface area contributed by atoms with E-state index in [1.807, 2.05) is 6.92 Å². The molecular weight excluding hydrogens is 312 g/mol. The normalized spacial score (nSPS) is 14.8. The highest BCUT2D eigenvalue weighted by Gasteiger charge is 2.17. The van der Waals surface area contributed by atoms with Crippen molar-refractivity contribution in [1.82, 2.24) is 9.55 Å². The molecule has 1 aliphatic carbocycles. The van der Waals surface area contributed by atoms with Crippen LogP contribution in [0.3, 0.4) is 0 Å². The van der Waals surface area contributed by atoms with Gasteiger partial charge in [-0.05, 0) is 25.8 Å². The number of nitrogens with one attached hydrogen (secondary N) is 2. The molecule has 0 spiro atoms. The predicted octanol–water partition coefficient (Wildman–Crippen LogP) is 2.93. The summed E-state index contributed by atoms with van der Waals surface area (Å²) in [6.45, 7) is 2.45. The Hall–Kier alpha value is -2.15. The van der Waals surface area contributed by atoms with Gasteiger partial charge in [-0.1, -0.05) is 12.8 Å². The Morgan fingerprint density at radius 2 is 2.17 bits per heavy atom. The first-order valence-electron chi connectivity index (χ1n) is 7.89. The summed E-state index contributed by atoms with van der Waals surface area (Å²) in [5, 5.41) is 8.72. The number of thiazole rings is 1. The van der Waals surface area contributed by atoms with Crippen LogP contribution in [0.15, 0.2) is 28.5 Å². The van der Waals surface area contributed by atoms with Gasteiger partial charge < -0.3 is 15.2 Å². The number of pyridine rings is 1. The number of rotatable bonds is 5. The van der Waals surface area contributed by atoms with Gasteiger partial charge in [-0.2, -0.15) is 0 Å². The van der Waals surface area contributed by atoms with Crippen LogP contribution in [0.4, 0.5) is 10.8 Å². The van der Waals surface area contributed by atoms with Crippen LogP contribution in [0.25, 0.3) is 0 Å². The summed E-state index contributed by atoms with van der Waals surface area (Å²) in [6, 6.07) is 3.54. The van der Waals surface area contributed by atoms with Crippen molar-refractivity contribution in [3.8, 4) is 0 Å². The summed E-state index contributed by atoms with van der Waals surface area (Å²) in [5.74, 6) is -0.262.